The molecule has 0 aliphatic carbocycles. The molecule has 0 saturated heterocycles. The summed E-state index contributed by atoms with van der Waals surface area (Å²) in [5.41, 5.74) is 0.594. The van der Waals surface area contributed by atoms with Crippen molar-refractivity contribution in [2.45, 2.75) is 6.92 Å². The van der Waals surface area contributed by atoms with Crippen molar-refractivity contribution >= 4 is 0 Å². The lowest BCUT2D eigenvalue weighted by Gasteiger charge is -1.77. The van der Waals surface area contributed by atoms with Crippen LogP contribution < -0.4 is 0 Å². The zero-order valence-electron chi connectivity index (χ0n) is 5.77. The summed E-state index contributed by atoms with van der Waals surface area (Å²) in [6.07, 6.45) is 1.49. The third-order valence-corrected chi connectivity index (χ3v) is 1.19. The van der Waals surface area contributed by atoms with Crippen LogP contribution in [-0.2, 0) is 0 Å². The minimum atomic E-state index is 0.446. The van der Waals surface area contributed by atoms with E-state index in [9.17, 15) is 0 Å². The standard InChI is InChI=1S/C5H5N5O/c1-3-6-4(2-11-3)5-7-9-10-8-5/h2H,1H3,(H,7,8,9,10). The molecule has 0 radical (unpaired) electrons. The van der Waals surface area contributed by atoms with Gasteiger partial charge in [-0.25, -0.2) is 4.98 Å². The molecular formula is C5H5N5O. The van der Waals surface area contributed by atoms with E-state index >= 15 is 0 Å². The van der Waals surface area contributed by atoms with E-state index < -0.39 is 0 Å². The predicted molar refractivity (Wildman–Crippen MR) is 34.4 cm³/mol. The SMILES string of the molecule is Cc1nc(-c2nn[nH]n2)co1. The number of hydrogen-bond donors (Lipinski definition) is 1. The molecule has 0 spiro atoms. The fourth-order valence-electron chi connectivity index (χ4n) is 0.736. The Bertz CT molecular complexity index is 337. The molecule has 1 N–H and O–H groups in total. The number of aryl methyl sites for hydroxylation is 1. The molecule has 2 heterocycles. The second kappa shape index (κ2) is 2.15. The first kappa shape index (κ1) is 6.02. The smallest absolute Gasteiger partial charge is 0.226 e. The number of hydrogen-bond acceptors (Lipinski definition) is 5. The minimum Gasteiger partial charge on any atom is -0.449 e. The molecule has 0 fully saturated rings. The Hall–Kier alpha value is -1.72. The molecule has 0 aliphatic heterocycles. The predicted octanol–water partition coefficient (Wildman–Crippen LogP) is 0.163. The first-order chi connectivity index (χ1) is 5.36. The van der Waals surface area contributed by atoms with Crippen LogP contribution >= 0.6 is 0 Å². The molecule has 0 saturated carbocycles. The van der Waals surface area contributed by atoms with Gasteiger partial charge in [0.1, 0.15) is 6.26 Å². The van der Waals surface area contributed by atoms with Gasteiger partial charge in [-0.1, -0.05) is 0 Å². The maximum absolute atomic E-state index is 4.96. The van der Waals surface area contributed by atoms with Gasteiger partial charge in [0.05, 0.1) is 0 Å². The van der Waals surface area contributed by atoms with Crippen LogP contribution in [0.15, 0.2) is 10.7 Å². The van der Waals surface area contributed by atoms with Crippen LogP contribution in [0.5, 0.6) is 0 Å². The second-order valence-corrected chi connectivity index (χ2v) is 1.99. The molecule has 0 unspecified atom stereocenters. The zero-order chi connectivity index (χ0) is 7.68. The molecule has 2 aromatic heterocycles. The first-order valence-electron chi connectivity index (χ1n) is 3.02. The van der Waals surface area contributed by atoms with Crippen molar-refractivity contribution in [3.63, 3.8) is 0 Å². The number of rotatable bonds is 1. The van der Waals surface area contributed by atoms with Crippen LogP contribution in [0.4, 0.5) is 0 Å². The maximum atomic E-state index is 4.96. The van der Waals surface area contributed by atoms with Crippen molar-refractivity contribution in [1.82, 2.24) is 25.6 Å². The van der Waals surface area contributed by atoms with Crippen LogP contribution in [0.25, 0.3) is 11.5 Å². The molecule has 11 heavy (non-hydrogen) atoms. The van der Waals surface area contributed by atoms with E-state index in [1.165, 1.54) is 6.26 Å². The summed E-state index contributed by atoms with van der Waals surface area (Å²) in [7, 11) is 0. The molecule has 6 heteroatoms. The van der Waals surface area contributed by atoms with Crippen molar-refractivity contribution in [2.24, 2.45) is 0 Å². The summed E-state index contributed by atoms with van der Waals surface area (Å²) in [6.45, 7) is 1.75. The number of aromatic amines is 1. The van der Waals surface area contributed by atoms with Gasteiger partial charge in [0.2, 0.25) is 5.82 Å². The van der Waals surface area contributed by atoms with Crippen LogP contribution in [-0.4, -0.2) is 25.6 Å². The van der Waals surface area contributed by atoms with Gasteiger partial charge >= 0.3 is 0 Å². The molecule has 6 nitrogen and oxygen atoms in total. The lowest BCUT2D eigenvalue weighted by atomic mass is 10.5. The van der Waals surface area contributed by atoms with Crippen molar-refractivity contribution in [2.75, 3.05) is 0 Å². The van der Waals surface area contributed by atoms with Crippen molar-refractivity contribution in [3.05, 3.63) is 12.2 Å². The van der Waals surface area contributed by atoms with Crippen molar-refractivity contribution in [3.8, 4) is 11.5 Å². The summed E-state index contributed by atoms with van der Waals surface area (Å²) in [6, 6.07) is 0. The monoisotopic (exact) mass is 151 g/mol. The average Bonchev–Trinajstić information content (AvgIpc) is 2.55. The summed E-state index contributed by atoms with van der Waals surface area (Å²) in [5, 5.41) is 13.2. The van der Waals surface area contributed by atoms with Gasteiger partial charge in [0, 0.05) is 6.92 Å². The van der Waals surface area contributed by atoms with E-state index in [1.54, 1.807) is 6.92 Å². The fraction of sp³-hybridized carbons (Fsp3) is 0.200. The Labute approximate surface area is 61.6 Å². The summed E-state index contributed by atoms with van der Waals surface area (Å²) < 4.78 is 4.96. The largest absolute Gasteiger partial charge is 0.449 e. The highest BCUT2D eigenvalue weighted by molar-refractivity contribution is 5.44. The summed E-state index contributed by atoms with van der Waals surface area (Å²) >= 11 is 0. The Morgan fingerprint density at radius 3 is 3.00 bits per heavy atom. The van der Waals surface area contributed by atoms with Crippen molar-refractivity contribution in [1.29, 1.82) is 0 Å². The van der Waals surface area contributed by atoms with Gasteiger partial charge in [0.25, 0.3) is 0 Å². The highest BCUT2D eigenvalue weighted by atomic mass is 16.3. The Morgan fingerprint density at radius 1 is 1.55 bits per heavy atom. The quantitative estimate of drug-likeness (QED) is 0.628. The minimum absolute atomic E-state index is 0.446. The van der Waals surface area contributed by atoms with Crippen LogP contribution in [0.1, 0.15) is 5.89 Å². The van der Waals surface area contributed by atoms with E-state index in [-0.39, 0.29) is 0 Å². The highest BCUT2D eigenvalue weighted by Crippen LogP contribution is 2.10. The molecule has 0 amide bonds. The number of aromatic nitrogens is 5. The van der Waals surface area contributed by atoms with E-state index in [4.69, 9.17) is 4.42 Å². The molecule has 0 atom stereocenters. The van der Waals surface area contributed by atoms with E-state index in [1.807, 2.05) is 0 Å². The molecule has 0 aromatic carbocycles. The third-order valence-electron chi connectivity index (χ3n) is 1.19. The molecular weight excluding hydrogens is 146 g/mol. The van der Waals surface area contributed by atoms with Gasteiger partial charge < -0.3 is 4.42 Å². The highest BCUT2D eigenvalue weighted by Gasteiger charge is 2.06. The number of H-pyrrole nitrogens is 1. The van der Waals surface area contributed by atoms with E-state index in [2.05, 4.69) is 25.6 Å². The number of tetrazole rings is 1. The van der Waals surface area contributed by atoms with Crippen LogP contribution in [0.2, 0.25) is 0 Å². The maximum Gasteiger partial charge on any atom is 0.226 e. The van der Waals surface area contributed by atoms with Gasteiger partial charge in [-0.3, -0.25) is 0 Å². The fourth-order valence-corrected chi connectivity index (χ4v) is 0.736. The average molecular weight is 151 g/mol. The van der Waals surface area contributed by atoms with Crippen molar-refractivity contribution < 1.29 is 4.42 Å². The second-order valence-electron chi connectivity index (χ2n) is 1.99. The normalized spacial score (nSPS) is 10.3. The lowest BCUT2D eigenvalue weighted by Crippen LogP contribution is -1.80. The summed E-state index contributed by atoms with van der Waals surface area (Å²) in [4.78, 5) is 4.00. The molecule has 0 aliphatic rings. The molecule has 0 bridgehead atoms. The Balaban J connectivity index is 2.45. The van der Waals surface area contributed by atoms with Gasteiger partial charge in [-0.05, 0) is 5.21 Å². The summed E-state index contributed by atoms with van der Waals surface area (Å²) in [5.74, 6) is 1.03. The molecule has 56 valence electrons. The van der Waals surface area contributed by atoms with Gasteiger partial charge in [-0.2, -0.15) is 5.21 Å². The topological polar surface area (TPSA) is 80.5 Å². The lowest BCUT2D eigenvalue weighted by molar-refractivity contribution is 0.521. The number of nitrogens with one attached hydrogen (secondary N) is 1. The van der Waals surface area contributed by atoms with Crippen LogP contribution in [0.3, 0.4) is 0 Å². The van der Waals surface area contributed by atoms with E-state index in [0.717, 1.165) is 0 Å². The van der Waals surface area contributed by atoms with Gasteiger partial charge in [-0.15, -0.1) is 10.2 Å². The third kappa shape index (κ3) is 0.977. The van der Waals surface area contributed by atoms with E-state index in [0.29, 0.717) is 17.4 Å². The first-order valence-corrected chi connectivity index (χ1v) is 3.02. The van der Waals surface area contributed by atoms with Gasteiger partial charge in [0.15, 0.2) is 11.6 Å². The van der Waals surface area contributed by atoms with Crippen LogP contribution in [0, 0.1) is 6.92 Å². The molecule has 2 aromatic rings. The molecule has 2 rings (SSSR count). The Kier molecular flexibility index (Phi) is 1.18. The zero-order valence-corrected chi connectivity index (χ0v) is 5.77. The number of nitrogens with zero attached hydrogens (tertiary/aromatic N) is 4. The number of oxazole rings is 1. The Morgan fingerprint density at radius 2 is 2.45 bits per heavy atom.